The summed E-state index contributed by atoms with van der Waals surface area (Å²) >= 11 is 0. The van der Waals surface area contributed by atoms with Crippen LogP contribution in [0.3, 0.4) is 0 Å². The third kappa shape index (κ3) is 2.20. The van der Waals surface area contributed by atoms with Crippen molar-refractivity contribution < 1.29 is 18.0 Å². The summed E-state index contributed by atoms with van der Waals surface area (Å²) in [6.07, 6.45) is -4.34. The summed E-state index contributed by atoms with van der Waals surface area (Å²) in [5, 5.41) is 0. The fourth-order valence-electron chi connectivity index (χ4n) is 1.72. The number of carbonyl (C=O) groups excluding carboxylic acids is 1. The van der Waals surface area contributed by atoms with Crippen LogP contribution in [0.5, 0.6) is 0 Å². The van der Waals surface area contributed by atoms with Gasteiger partial charge >= 0.3 is 12.2 Å². The van der Waals surface area contributed by atoms with E-state index in [1.165, 1.54) is 21.9 Å². The Kier molecular flexibility index (Phi) is 2.73. The Morgan fingerprint density at radius 3 is 2.12 bits per heavy atom. The fourth-order valence-corrected chi connectivity index (χ4v) is 1.72. The van der Waals surface area contributed by atoms with Crippen molar-refractivity contribution in [1.82, 2.24) is 4.90 Å². The number of amides is 2. The van der Waals surface area contributed by atoms with Gasteiger partial charge in [0.15, 0.2) is 0 Å². The lowest BCUT2D eigenvalue weighted by Crippen LogP contribution is -2.29. The van der Waals surface area contributed by atoms with Crippen LogP contribution in [0.25, 0.3) is 0 Å². The monoisotopic (exact) mass is 244 g/mol. The molecule has 1 saturated heterocycles. The van der Waals surface area contributed by atoms with E-state index in [0.29, 0.717) is 18.8 Å². The second-order valence-electron chi connectivity index (χ2n) is 3.90. The van der Waals surface area contributed by atoms with Crippen LogP contribution in [0.4, 0.5) is 23.7 Å². The van der Waals surface area contributed by atoms with E-state index >= 15 is 0 Å². The number of anilines is 1. The predicted molar refractivity (Wildman–Crippen MR) is 56.8 cm³/mol. The van der Waals surface area contributed by atoms with E-state index in [1.54, 1.807) is 7.05 Å². The second-order valence-corrected chi connectivity index (χ2v) is 3.90. The maximum atomic E-state index is 12.3. The Morgan fingerprint density at radius 1 is 1.12 bits per heavy atom. The van der Waals surface area contributed by atoms with Gasteiger partial charge in [0.2, 0.25) is 0 Å². The smallest absolute Gasteiger partial charge is 0.326 e. The van der Waals surface area contributed by atoms with E-state index in [1.807, 2.05) is 0 Å². The van der Waals surface area contributed by atoms with E-state index in [-0.39, 0.29) is 6.03 Å². The van der Waals surface area contributed by atoms with Crippen molar-refractivity contribution in [1.29, 1.82) is 0 Å². The lowest BCUT2D eigenvalue weighted by molar-refractivity contribution is -0.137. The van der Waals surface area contributed by atoms with Crippen molar-refractivity contribution in [2.24, 2.45) is 0 Å². The molecule has 6 heteroatoms. The molecule has 3 nitrogen and oxygen atoms in total. The van der Waals surface area contributed by atoms with Crippen molar-refractivity contribution in [3.05, 3.63) is 29.8 Å². The number of carbonyl (C=O) groups is 1. The molecule has 0 unspecified atom stereocenters. The largest absolute Gasteiger partial charge is 0.416 e. The van der Waals surface area contributed by atoms with Gasteiger partial charge in [-0.3, -0.25) is 4.90 Å². The normalized spacial score (nSPS) is 16.8. The van der Waals surface area contributed by atoms with Gasteiger partial charge in [0.25, 0.3) is 0 Å². The van der Waals surface area contributed by atoms with Gasteiger partial charge in [0, 0.05) is 25.8 Å². The first-order valence-electron chi connectivity index (χ1n) is 5.09. The molecular formula is C11H11F3N2O. The number of nitrogens with zero attached hydrogens (tertiary/aromatic N) is 2. The average Bonchev–Trinajstić information content (AvgIpc) is 2.59. The van der Waals surface area contributed by atoms with E-state index in [0.717, 1.165) is 12.1 Å². The van der Waals surface area contributed by atoms with Gasteiger partial charge in [-0.05, 0) is 24.3 Å². The number of alkyl halides is 3. The molecule has 1 aromatic carbocycles. The SMILES string of the molecule is CN1CCN(c2ccc(C(F)(F)F)cc2)C1=O. The summed E-state index contributed by atoms with van der Waals surface area (Å²) in [5.74, 6) is 0. The average molecular weight is 244 g/mol. The quantitative estimate of drug-likeness (QED) is 0.744. The van der Waals surface area contributed by atoms with E-state index in [9.17, 15) is 18.0 Å². The van der Waals surface area contributed by atoms with Gasteiger partial charge in [0.1, 0.15) is 0 Å². The molecule has 1 aromatic rings. The Balaban J connectivity index is 2.22. The topological polar surface area (TPSA) is 23.6 Å². The van der Waals surface area contributed by atoms with E-state index in [4.69, 9.17) is 0 Å². The molecule has 1 aliphatic rings. The molecule has 1 heterocycles. The molecule has 92 valence electrons. The highest BCUT2D eigenvalue weighted by atomic mass is 19.4. The number of benzene rings is 1. The molecule has 2 rings (SSSR count). The minimum atomic E-state index is -4.34. The van der Waals surface area contributed by atoms with Crippen LogP contribution in [0.15, 0.2) is 24.3 Å². The molecular weight excluding hydrogens is 233 g/mol. The summed E-state index contributed by atoms with van der Waals surface area (Å²) in [6, 6.07) is 4.42. The van der Waals surface area contributed by atoms with E-state index in [2.05, 4.69) is 0 Å². The van der Waals surface area contributed by atoms with Crippen molar-refractivity contribution in [2.45, 2.75) is 6.18 Å². The van der Waals surface area contributed by atoms with Crippen molar-refractivity contribution in [2.75, 3.05) is 25.0 Å². The van der Waals surface area contributed by atoms with Gasteiger partial charge in [-0.15, -0.1) is 0 Å². The number of rotatable bonds is 1. The third-order valence-corrected chi connectivity index (χ3v) is 2.72. The summed E-state index contributed by atoms with van der Waals surface area (Å²) < 4.78 is 37.0. The number of likely N-dealkylation sites (N-methyl/N-ethyl adjacent to an activating group) is 1. The zero-order chi connectivity index (χ0) is 12.6. The minimum Gasteiger partial charge on any atom is -0.326 e. The summed E-state index contributed by atoms with van der Waals surface area (Å²) in [5.41, 5.74) is -0.214. The fraction of sp³-hybridized carbons (Fsp3) is 0.364. The van der Waals surface area contributed by atoms with Crippen LogP contribution in [-0.4, -0.2) is 31.1 Å². The maximum Gasteiger partial charge on any atom is 0.416 e. The molecule has 0 radical (unpaired) electrons. The molecule has 1 fully saturated rings. The third-order valence-electron chi connectivity index (χ3n) is 2.72. The number of hydrogen-bond acceptors (Lipinski definition) is 1. The maximum absolute atomic E-state index is 12.3. The van der Waals surface area contributed by atoms with Gasteiger partial charge in [-0.25, -0.2) is 4.79 Å². The van der Waals surface area contributed by atoms with Gasteiger partial charge < -0.3 is 4.90 Å². The first-order chi connectivity index (χ1) is 7.89. The number of urea groups is 1. The van der Waals surface area contributed by atoms with Crippen LogP contribution in [0, 0.1) is 0 Å². The molecule has 0 N–H and O–H groups in total. The van der Waals surface area contributed by atoms with Gasteiger partial charge in [-0.1, -0.05) is 0 Å². The Bertz CT molecular complexity index is 427. The van der Waals surface area contributed by atoms with E-state index < -0.39 is 11.7 Å². The standard InChI is InChI=1S/C11H11F3N2O/c1-15-6-7-16(10(15)17)9-4-2-8(3-5-9)11(12,13)14/h2-5H,6-7H2,1H3. The molecule has 0 aromatic heterocycles. The second kappa shape index (κ2) is 3.94. The van der Waals surface area contributed by atoms with Crippen molar-refractivity contribution >= 4 is 11.7 Å². The van der Waals surface area contributed by atoms with Crippen molar-refractivity contribution in [3.8, 4) is 0 Å². The molecule has 0 bridgehead atoms. The zero-order valence-corrected chi connectivity index (χ0v) is 9.16. The predicted octanol–water partition coefficient (Wildman–Crippen LogP) is 2.58. The molecule has 1 aliphatic heterocycles. The first-order valence-corrected chi connectivity index (χ1v) is 5.09. The van der Waals surface area contributed by atoms with Crippen molar-refractivity contribution in [3.63, 3.8) is 0 Å². The van der Waals surface area contributed by atoms with Crippen LogP contribution in [-0.2, 0) is 6.18 Å². The summed E-state index contributed by atoms with van der Waals surface area (Å²) in [4.78, 5) is 14.6. The zero-order valence-electron chi connectivity index (χ0n) is 9.16. The molecule has 0 aliphatic carbocycles. The first kappa shape index (κ1) is 11.8. The summed E-state index contributed by atoms with van der Waals surface area (Å²) in [7, 11) is 1.66. The molecule has 0 atom stereocenters. The van der Waals surface area contributed by atoms with Gasteiger partial charge in [-0.2, -0.15) is 13.2 Å². The van der Waals surface area contributed by atoms with Crippen LogP contribution in [0.1, 0.15) is 5.56 Å². The Hall–Kier alpha value is -1.72. The molecule has 17 heavy (non-hydrogen) atoms. The highest BCUT2D eigenvalue weighted by Gasteiger charge is 2.31. The van der Waals surface area contributed by atoms with Crippen LogP contribution >= 0.6 is 0 Å². The number of hydrogen-bond donors (Lipinski definition) is 0. The highest BCUT2D eigenvalue weighted by Crippen LogP contribution is 2.31. The number of halogens is 3. The lowest BCUT2D eigenvalue weighted by Gasteiger charge is -2.16. The summed E-state index contributed by atoms with van der Waals surface area (Å²) in [6.45, 7) is 1.08. The Labute approximate surface area is 96.4 Å². The molecule has 0 saturated carbocycles. The van der Waals surface area contributed by atoms with Gasteiger partial charge in [0.05, 0.1) is 5.56 Å². The molecule has 0 spiro atoms. The molecule has 2 amide bonds. The lowest BCUT2D eigenvalue weighted by atomic mass is 10.2. The van der Waals surface area contributed by atoms with Crippen LogP contribution in [0.2, 0.25) is 0 Å². The van der Waals surface area contributed by atoms with Crippen LogP contribution < -0.4 is 4.90 Å². The minimum absolute atomic E-state index is 0.190. The Morgan fingerprint density at radius 2 is 1.71 bits per heavy atom. The highest BCUT2D eigenvalue weighted by molar-refractivity contribution is 5.93.